The van der Waals surface area contributed by atoms with E-state index in [1.807, 2.05) is 0 Å². The molecule has 0 amide bonds. The van der Waals surface area contributed by atoms with Crippen molar-refractivity contribution in [3.63, 3.8) is 0 Å². The second-order valence-electron chi connectivity index (χ2n) is 2.76. The van der Waals surface area contributed by atoms with Crippen LogP contribution in [0.25, 0.3) is 0 Å². The Hall–Kier alpha value is -1.43. The van der Waals surface area contributed by atoms with Gasteiger partial charge < -0.3 is 4.74 Å². The Labute approximate surface area is 94.3 Å². The third kappa shape index (κ3) is 2.76. The molecule has 0 aliphatic carbocycles. The van der Waals surface area contributed by atoms with Gasteiger partial charge in [0.1, 0.15) is 0 Å². The molecule has 5 nitrogen and oxygen atoms in total. The topological polar surface area (TPSA) is 69.4 Å². The molecule has 15 heavy (non-hydrogen) atoms. The molecule has 6 heteroatoms. The van der Waals surface area contributed by atoms with Crippen LogP contribution in [0.4, 0.5) is 5.69 Å². The van der Waals surface area contributed by atoms with E-state index in [0.717, 1.165) is 0 Å². The second-order valence-corrected chi connectivity index (χ2v) is 3.61. The van der Waals surface area contributed by atoms with Crippen molar-refractivity contribution >= 4 is 27.6 Å². The van der Waals surface area contributed by atoms with E-state index in [1.54, 1.807) is 12.1 Å². The number of esters is 1. The van der Waals surface area contributed by atoms with Crippen LogP contribution in [-0.2, 0) is 16.0 Å². The van der Waals surface area contributed by atoms with Gasteiger partial charge in [-0.1, -0.05) is 12.1 Å². The summed E-state index contributed by atoms with van der Waals surface area (Å²) in [6, 6.07) is 4.72. The van der Waals surface area contributed by atoms with Gasteiger partial charge in [0, 0.05) is 5.56 Å². The van der Waals surface area contributed by atoms with Crippen molar-refractivity contribution in [2.45, 2.75) is 6.42 Å². The van der Waals surface area contributed by atoms with E-state index in [-0.39, 0.29) is 12.1 Å². The Bertz CT molecular complexity index is 405. The molecule has 0 heterocycles. The van der Waals surface area contributed by atoms with E-state index < -0.39 is 10.9 Å². The first-order chi connectivity index (χ1) is 7.06. The first-order valence-electron chi connectivity index (χ1n) is 4.05. The number of nitro groups is 1. The van der Waals surface area contributed by atoms with Gasteiger partial charge in [-0.2, -0.15) is 0 Å². The molecule has 0 N–H and O–H groups in total. The molecule has 0 fully saturated rings. The number of halogens is 1. The van der Waals surface area contributed by atoms with Gasteiger partial charge >= 0.3 is 5.97 Å². The van der Waals surface area contributed by atoms with Crippen LogP contribution < -0.4 is 0 Å². The minimum atomic E-state index is -0.525. The molecule has 1 aromatic carbocycles. The molecule has 0 saturated carbocycles. The fraction of sp³-hybridized carbons (Fsp3) is 0.222. The molecule has 0 aromatic heterocycles. The lowest BCUT2D eigenvalue weighted by Gasteiger charge is -2.02. The average Bonchev–Trinajstić information content (AvgIpc) is 2.17. The minimum Gasteiger partial charge on any atom is -0.469 e. The molecule has 1 aromatic rings. The van der Waals surface area contributed by atoms with E-state index in [9.17, 15) is 14.9 Å². The van der Waals surface area contributed by atoms with Crippen LogP contribution in [0, 0.1) is 10.1 Å². The molecule has 0 bridgehead atoms. The number of benzene rings is 1. The number of para-hydroxylation sites is 1. The van der Waals surface area contributed by atoms with Crippen molar-refractivity contribution in [3.8, 4) is 0 Å². The number of methoxy groups -OCH3 is 1. The lowest BCUT2D eigenvalue weighted by atomic mass is 10.1. The summed E-state index contributed by atoms with van der Waals surface area (Å²) in [7, 11) is 1.24. The number of ether oxygens (including phenoxy) is 1. The van der Waals surface area contributed by atoms with Crippen LogP contribution in [0.2, 0.25) is 0 Å². The van der Waals surface area contributed by atoms with Gasteiger partial charge in [0.15, 0.2) is 0 Å². The maximum Gasteiger partial charge on any atom is 0.310 e. The Morgan fingerprint density at radius 2 is 2.27 bits per heavy atom. The van der Waals surface area contributed by atoms with Crippen LogP contribution in [0.3, 0.4) is 0 Å². The number of carbonyl (C=O) groups is 1. The van der Waals surface area contributed by atoms with Crippen LogP contribution in [-0.4, -0.2) is 18.0 Å². The first kappa shape index (κ1) is 11.6. The quantitative estimate of drug-likeness (QED) is 0.480. The maximum absolute atomic E-state index is 11.0. The summed E-state index contributed by atoms with van der Waals surface area (Å²) in [5.41, 5.74) is 0.240. The SMILES string of the molecule is COC(=O)Cc1cccc(Br)c1[N+](=O)[O-]. The van der Waals surface area contributed by atoms with Crippen LogP contribution in [0.15, 0.2) is 22.7 Å². The second kappa shape index (κ2) is 4.88. The lowest BCUT2D eigenvalue weighted by Crippen LogP contribution is -2.07. The molecular weight excluding hydrogens is 266 g/mol. The molecule has 0 spiro atoms. The van der Waals surface area contributed by atoms with Crippen molar-refractivity contribution in [2.75, 3.05) is 7.11 Å². The number of carbonyl (C=O) groups excluding carboxylic acids is 1. The monoisotopic (exact) mass is 273 g/mol. The molecule has 0 unspecified atom stereocenters. The molecule has 0 atom stereocenters. The number of nitrogens with zero attached hydrogens (tertiary/aromatic N) is 1. The zero-order chi connectivity index (χ0) is 11.4. The zero-order valence-corrected chi connectivity index (χ0v) is 9.48. The summed E-state index contributed by atoms with van der Waals surface area (Å²) >= 11 is 3.07. The van der Waals surface area contributed by atoms with E-state index in [0.29, 0.717) is 10.0 Å². The Morgan fingerprint density at radius 1 is 1.60 bits per heavy atom. The van der Waals surface area contributed by atoms with Gasteiger partial charge in [0.25, 0.3) is 5.69 Å². The molecule has 0 saturated heterocycles. The highest BCUT2D eigenvalue weighted by atomic mass is 79.9. The smallest absolute Gasteiger partial charge is 0.310 e. The van der Waals surface area contributed by atoms with Crippen molar-refractivity contribution in [1.29, 1.82) is 0 Å². The Kier molecular flexibility index (Phi) is 3.79. The minimum absolute atomic E-state index is 0.0945. The standard InChI is InChI=1S/C9H8BrNO4/c1-15-8(12)5-6-3-2-4-7(10)9(6)11(13)14/h2-4H,5H2,1H3. The summed E-state index contributed by atoms with van der Waals surface area (Å²) in [4.78, 5) is 21.2. The number of hydrogen-bond acceptors (Lipinski definition) is 4. The van der Waals surface area contributed by atoms with Crippen molar-refractivity contribution in [2.24, 2.45) is 0 Å². The number of nitro benzene ring substituents is 1. The van der Waals surface area contributed by atoms with E-state index >= 15 is 0 Å². The zero-order valence-electron chi connectivity index (χ0n) is 7.90. The number of rotatable bonds is 3. The van der Waals surface area contributed by atoms with Crippen molar-refractivity contribution in [3.05, 3.63) is 38.3 Å². The van der Waals surface area contributed by atoms with Gasteiger partial charge in [0.05, 0.1) is 22.9 Å². The highest BCUT2D eigenvalue weighted by molar-refractivity contribution is 9.10. The molecular formula is C9H8BrNO4. The fourth-order valence-corrected chi connectivity index (χ4v) is 1.69. The van der Waals surface area contributed by atoms with Gasteiger partial charge in [-0.05, 0) is 22.0 Å². The third-order valence-electron chi connectivity index (χ3n) is 1.82. The van der Waals surface area contributed by atoms with Gasteiger partial charge in [0.2, 0.25) is 0 Å². The van der Waals surface area contributed by atoms with Gasteiger partial charge in [-0.15, -0.1) is 0 Å². The maximum atomic E-state index is 11.0. The first-order valence-corrected chi connectivity index (χ1v) is 4.84. The third-order valence-corrected chi connectivity index (χ3v) is 2.46. The Balaban J connectivity index is 3.11. The van der Waals surface area contributed by atoms with Crippen molar-refractivity contribution in [1.82, 2.24) is 0 Å². The fourth-order valence-electron chi connectivity index (χ4n) is 1.13. The summed E-state index contributed by atoms with van der Waals surface area (Å²) in [5.74, 6) is -0.504. The summed E-state index contributed by atoms with van der Waals surface area (Å²) in [6.45, 7) is 0. The van der Waals surface area contributed by atoms with E-state index in [4.69, 9.17) is 0 Å². The predicted molar refractivity (Wildman–Crippen MR) is 56.5 cm³/mol. The van der Waals surface area contributed by atoms with Crippen LogP contribution >= 0.6 is 15.9 Å². The predicted octanol–water partition coefficient (Wildman–Crippen LogP) is 2.07. The molecule has 0 radical (unpaired) electrons. The molecule has 0 aliphatic rings. The summed E-state index contributed by atoms with van der Waals surface area (Å²) in [6.07, 6.45) is -0.105. The van der Waals surface area contributed by atoms with Gasteiger partial charge in [-0.3, -0.25) is 14.9 Å². The highest BCUT2D eigenvalue weighted by Crippen LogP contribution is 2.28. The van der Waals surface area contributed by atoms with Gasteiger partial charge in [-0.25, -0.2) is 0 Å². The average molecular weight is 274 g/mol. The summed E-state index contributed by atoms with van der Waals surface area (Å²) < 4.78 is 4.81. The number of hydrogen-bond donors (Lipinski definition) is 0. The lowest BCUT2D eigenvalue weighted by molar-refractivity contribution is -0.386. The normalized spacial score (nSPS) is 9.73. The van der Waals surface area contributed by atoms with E-state index in [1.165, 1.54) is 13.2 Å². The largest absolute Gasteiger partial charge is 0.469 e. The molecule has 1 rings (SSSR count). The van der Waals surface area contributed by atoms with E-state index in [2.05, 4.69) is 20.7 Å². The Morgan fingerprint density at radius 3 is 2.80 bits per heavy atom. The van der Waals surface area contributed by atoms with Crippen LogP contribution in [0.5, 0.6) is 0 Å². The van der Waals surface area contributed by atoms with Crippen LogP contribution in [0.1, 0.15) is 5.56 Å². The van der Waals surface area contributed by atoms with Crippen molar-refractivity contribution < 1.29 is 14.5 Å². The molecule has 80 valence electrons. The molecule has 0 aliphatic heterocycles. The summed E-state index contributed by atoms with van der Waals surface area (Å²) in [5, 5.41) is 10.7. The highest BCUT2D eigenvalue weighted by Gasteiger charge is 2.19.